The molecule has 0 unspecified atom stereocenters. The molecule has 3 aromatic rings. The molecule has 0 amide bonds. The fourth-order valence-electron chi connectivity index (χ4n) is 3.46. The molecule has 0 spiro atoms. The van der Waals surface area contributed by atoms with Crippen LogP contribution in [-0.2, 0) is 32.2 Å². The van der Waals surface area contributed by atoms with Gasteiger partial charge in [-0.2, -0.15) is 0 Å². The molecule has 1 aromatic heterocycles. The zero-order valence-electron chi connectivity index (χ0n) is 20.4. The second-order valence-electron chi connectivity index (χ2n) is 8.12. The van der Waals surface area contributed by atoms with Crippen LogP contribution in [0.1, 0.15) is 23.1 Å². The number of ketones is 1. The summed E-state index contributed by atoms with van der Waals surface area (Å²) in [5, 5.41) is 21.8. The molecule has 0 saturated heterocycles. The SMILES string of the molecule is C=CCn1nnnc1C(=O)CN(Cc1ccc(-c2cc(Cl)ccc2F)cc1)C[C@@H](O)C(=O)OCOC(C)=O. The maximum Gasteiger partial charge on any atom is 0.339 e. The number of aromatic nitrogens is 4. The summed E-state index contributed by atoms with van der Waals surface area (Å²) in [6.45, 7) is 3.88. The van der Waals surface area contributed by atoms with Gasteiger partial charge in [-0.15, -0.1) is 11.7 Å². The predicted molar refractivity (Wildman–Crippen MR) is 133 cm³/mol. The first-order chi connectivity index (χ1) is 18.2. The van der Waals surface area contributed by atoms with Gasteiger partial charge >= 0.3 is 11.9 Å². The molecule has 0 aliphatic heterocycles. The van der Waals surface area contributed by atoms with Gasteiger partial charge in [0.25, 0.3) is 0 Å². The van der Waals surface area contributed by atoms with Crippen molar-refractivity contribution in [1.29, 1.82) is 0 Å². The number of halogens is 2. The van der Waals surface area contributed by atoms with E-state index < -0.39 is 36.4 Å². The van der Waals surface area contributed by atoms with E-state index in [0.29, 0.717) is 21.7 Å². The van der Waals surface area contributed by atoms with Gasteiger partial charge < -0.3 is 14.6 Å². The van der Waals surface area contributed by atoms with Crippen molar-refractivity contribution >= 4 is 29.3 Å². The van der Waals surface area contributed by atoms with E-state index in [1.54, 1.807) is 24.3 Å². The Morgan fingerprint density at radius 2 is 1.95 bits per heavy atom. The lowest BCUT2D eigenvalue weighted by Gasteiger charge is -2.23. The normalized spacial score (nSPS) is 11.7. The zero-order valence-corrected chi connectivity index (χ0v) is 21.2. The third-order valence-electron chi connectivity index (χ3n) is 5.22. The van der Waals surface area contributed by atoms with Crippen molar-refractivity contribution in [3.8, 4) is 11.1 Å². The number of rotatable bonds is 13. The highest BCUT2D eigenvalue weighted by atomic mass is 35.5. The molecule has 0 bridgehead atoms. The van der Waals surface area contributed by atoms with E-state index in [4.69, 9.17) is 16.3 Å². The Morgan fingerprint density at radius 3 is 2.63 bits per heavy atom. The van der Waals surface area contributed by atoms with Gasteiger partial charge in [-0.05, 0) is 39.8 Å². The van der Waals surface area contributed by atoms with Crippen LogP contribution >= 0.6 is 11.6 Å². The second-order valence-corrected chi connectivity index (χ2v) is 8.56. The largest absolute Gasteiger partial charge is 0.428 e. The molecular formula is C25H25ClFN5O6. The number of carbonyl (C=O) groups excluding carboxylic acids is 3. The summed E-state index contributed by atoms with van der Waals surface area (Å²) < 4.78 is 24.8. The zero-order chi connectivity index (χ0) is 27.7. The van der Waals surface area contributed by atoms with Crippen molar-refractivity contribution in [1.82, 2.24) is 25.1 Å². The molecule has 2 aromatic carbocycles. The van der Waals surface area contributed by atoms with Crippen LogP contribution in [-0.4, -0.2) is 73.9 Å². The molecule has 200 valence electrons. The number of allylic oxidation sites excluding steroid dienone is 1. The number of hydrogen-bond donors (Lipinski definition) is 1. The van der Waals surface area contributed by atoms with Gasteiger partial charge in [0.05, 0.1) is 13.1 Å². The summed E-state index contributed by atoms with van der Waals surface area (Å²) in [6.07, 6.45) is -0.125. The highest BCUT2D eigenvalue weighted by Crippen LogP contribution is 2.26. The standard InChI is InChI=1S/C25H25ClFN5O6/c1-3-10-32-24(28-29-30-32)22(34)13-31(14-23(35)25(36)38-15-37-16(2)33)12-17-4-6-18(7-5-17)20-11-19(26)8-9-21(20)27/h3-9,11,23,35H,1,10,12-15H2,2H3/t23-/m1/s1. The molecule has 0 radical (unpaired) electrons. The minimum absolute atomic E-state index is 0.0198. The number of aliphatic hydroxyl groups excluding tert-OH is 1. The summed E-state index contributed by atoms with van der Waals surface area (Å²) in [6, 6.07) is 11.1. The van der Waals surface area contributed by atoms with Gasteiger partial charge in [0.1, 0.15) is 5.82 Å². The molecule has 3 rings (SSSR count). The molecule has 0 aliphatic carbocycles. The summed E-state index contributed by atoms with van der Waals surface area (Å²) in [5.41, 5.74) is 1.63. The summed E-state index contributed by atoms with van der Waals surface area (Å²) in [5.74, 6) is -2.60. The van der Waals surface area contributed by atoms with Crippen LogP contribution in [0.3, 0.4) is 0 Å². The molecule has 0 saturated carbocycles. The highest BCUT2D eigenvalue weighted by molar-refractivity contribution is 6.30. The first-order valence-electron chi connectivity index (χ1n) is 11.3. The monoisotopic (exact) mass is 545 g/mol. The number of ether oxygens (including phenoxy) is 2. The first kappa shape index (κ1) is 28.6. The van der Waals surface area contributed by atoms with Gasteiger partial charge in [-0.1, -0.05) is 41.9 Å². The van der Waals surface area contributed by atoms with E-state index in [-0.39, 0.29) is 32.0 Å². The van der Waals surface area contributed by atoms with Crippen LogP contribution in [0.5, 0.6) is 0 Å². The van der Waals surface area contributed by atoms with Crippen LogP contribution < -0.4 is 0 Å². The number of benzene rings is 2. The maximum atomic E-state index is 14.3. The third-order valence-corrected chi connectivity index (χ3v) is 5.45. The van der Waals surface area contributed by atoms with Crippen LogP contribution in [0.25, 0.3) is 11.1 Å². The van der Waals surface area contributed by atoms with E-state index in [1.807, 2.05) is 0 Å². The number of tetrazole rings is 1. The number of carbonyl (C=O) groups is 3. The number of aliphatic hydroxyl groups is 1. The molecule has 1 heterocycles. The van der Waals surface area contributed by atoms with Crippen LogP contribution in [0.4, 0.5) is 4.39 Å². The number of esters is 2. The van der Waals surface area contributed by atoms with E-state index in [9.17, 15) is 23.9 Å². The summed E-state index contributed by atoms with van der Waals surface area (Å²) in [7, 11) is 0. The second kappa shape index (κ2) is 13.5. The number of Topliss-reactive ketones (excluding diaryl/α,β-unsaturated/α-hetero) is 1. The molecule has 13 heteroatoms. The fourth-order valence-corrected chi connectivity index (χ4v) is 3.63. The molecule has 11 nitrogen and oxygen atoms in total. The van der Waals surface area contributed by atoms with Crippen molar-refractivity contribution in [3.05, 3.63) is 77.3 Å². The lowest BCUT2D eigenvalue weighted by Crippen LogP contribution is -2.40. The highest BCUT2D eigenvalue weighted by Gasteiger charge is 2.25. The van der Waals surface area contributed by atoms with E-state index in [2.05, 4.69) is 26.8 Å². The van der Waals surface area contributed by atoms with Crippen molar-refractivity contribution in [2.45, 2.75) is 26.1 Å². The first-order valence-corrected chi connectivity index (χ1v) is 11.7. The maximum absolute atomic E-state index is 14.3. The summed E-state index contributed by atoms with van der Waals surface area (Å²) >= 11 is 6.00. The lowest BCUT2D eigenvalue weighted by atomic mass is 10.0. The number of nitrogens with zero attached hydrogens (tertiary/aromatic N) is 5. The number of hydrogen-bond acceptors (Lipinski definition) is 10. The van der Waals surface area contributed by atoms with Gasteiger partial charge in [-0.25, -0.2) is 13.9 Å². The summed E-state index contributed by atoms with van der Waals surface area (Å²) in [4.78, 5) is 37.5. The Kier molecular flexibility index (Phi) is 10.2. The Bertz CT molecular complexity index is 1300. The van der Waals surface area contributed by atoms with Gasteiger partial charge in [0.15, 0.2) is 6.10 Å². The Morgan fingerprint density at radius 1 is 1.21 bits per heavy atom. The average molecular weight is 546 g/mol. The third kappa shape index (κ3) is 8.00. The molecule has 0 fully saturated rings. The van der Waals surface area contributed by atoms with Gasteiger partial charge in [-0.3, -0.25) is 14.5 Å². The van der Waals surface area contributed by atoms with Crippen LogP contribution in [0.2, 0.25) is 5.02 Å². The molecule has 1 N–H and O–H groups in total. The fraction of sp³-hybridized carbons (Fsp3) is 0.280. The van der Waals surface area contributed by atoms with Crippen LogP contribution in [0.15, 0.2) is 55.1 Å². The van der Waals surface area contributed by atoms with Crippen LogP contribution in [0, 0.1) is 5.82 Å². The Balaban J connectivity index is 1.77. The minimum atomic E-state index is -1.65. The van der Waals surface area contributed by atoms with E-state index in [1.165, 1.54) is 33.9 Å². The van der Waals surface area contributed by atoms with Gasteiger partial charge in [0, 0.05) is 30.6 Å². The van der Waals surface area contributed by atoms with E-state index >= 15 is 0 Å². The van der Waals surface area contributed by atoms with Crippen molar-refractivity contribution in [2.75, 3.05) is 19.9 Å². The Labute approximate surface area is 222 Å². The topological polar surface area (TPSA) is 137 Å². The molecule has 0 aliphatic rings. The van der Waals surface area contributed by atoms with E-state index in [0.717, 1.165) is 6.92 Å². The smallest absolute Gasteiger partial charge is 0.339 e. The lowest BCUT2D eigenvalue weighted by molar-refractivity contribution is -0.172. The van der Waals surface area contributed by atoms with Crippen molar-refractivity contribution in [2.24, 2.45) is 0 Å². The predicted octanol–water partition coefficient (Wildman–Crippen LogP) is 2.43. The minimum Gasteiger partial charge on any atom is -0.428 e. The quantitative estimate of drug-likeness (QED) is 0.147. The Hall–Kier alpha value is -4.00. The average Bonchev–Trinajstić information content (AvgIpc) is 3.34. The van der Waals surface area contributed by atoms with Gasteiger partial charge in [0.2, 0.25) is 18.4 Å². The molecular weight excluding hydrogens is 521 g/mol. The van der Waals surface area contributed by atoms with Crippen molar-refractivity contribution < 1.29 is 33.4 Å². The van der Waals surface area contributed by atoms with Crippen molar-refractivity contribution in [3.63, 3.8) is 0 Å². The molecule has 38 heavy (non-hydrogen) atoms. The molecule has 1 atom stereocenters.